The SMILES string of the molecule is COc1cc(/C=C/C2=NC3(c4ccc(F)cc4)CC(=O)N3N2)ccc1-n1cnc(C)c1. The van der Waals surface area contributed by atoms with Crippen molar-refractivity contribution in [2.75, 3.05) is 7.11 Å². The lowest BCUT2D eigenvalue weighted by molar-refractivity contribution is -0.159. The standard InChI is InChI=1S/C23H20FN5O2/c1-15-13-28(14-25-15)19-9-3-16(11-20(19)31-2)4-10-21-26-23(12-22(30)29(23)27-21)17-5-7-18(24)8-6-17/h3-11,13-14H,12H2,1-2H3,(H,26,27)/b10-4+. The van der Waals surface area contributed by atoms with Crippen LogP contribution in [0.25, 0.3) is 11.8 Å². The van der Waals surface area contributed by atoms with Crippen molar-refractivity contribution in [3.63, 3.8) is 0 Å². The molecule has 0 spiro atoms. The number of aryl methyl sites for hydroxylation is 1. The summed E-state index contributed by atoms with van der Waals surface area (Å²) in [7, 11) is 1.63. The molecule has 1 amide bonds. The molecule has 0 bridgehead atoms. The molecule has 1 N–H and O–H groups in total. The second kappa shape index (κ2) is 7.09. The molecule has 2 aliphatic heterocycles. The van der Waals surface area contributed by atoms with E-state index in [0.717, 1.165) is 22.5 Å². The third-order valence-corrected chi connectivity index (χ3v) is 5.48. The van der Waals surface area contributed by atoms with E-state index < -0.39 is 5.66 Å². The van der Waals surface area contributed by atoms with E-state index in [4.69, 9.17) is 9.73 Å². The Hall–Kier alpha value is -3.94. The first-order valence-corrected chi connectivity index (χ1v) is 9.81. The first-order valence-electron chi connectivity index (χ1n) is 9.81. The molecular weight excluding hydrogens is 397 g/mol. The molecule has 5 rings (SSSR count). The monoisotopic (exact) mass is 417 g/mol. The van der Waals surface area contributed by atoms with Crippen LogP contribution < -0.4 is 10.2 Å². The van der Waals surface area contributed by atoms with Crippen molar-refractivity contribution >= 4 is 17.8 Å². The predicted octanol–water partition coefficient (Wildman–Crippen LogP) is 3.34. The van der Waals surface area contributed by atoms with Gasteiger partial charge in [-0.1, -0.05) is 24.3 Å². The molecule has 1 atom stereocenters. The third-order valence-electron chi connectivity index (χ3n) is 5.48. The Morgan fingerprint density at radius 2 is 2.00 bits per heavy atom. The van der Waals surface area contributed by atoms with Gasteiger partial charge in [-0.05, 0) is 42.8 Å². The molecule has 1 aromatic heterocycles. The highest BCUT2D eigenvalue weighted by molar-refractivity contribution is 6.02. The Labute approximate surface area is 178 Å². The number of amidine groups is 1. The zero-order valence-electron chi connectivity index (χ0n) is 17.0. The molecule has 1 fully saturated rings. The summed E-state index contributed by atoms with van der Waals surface area (Å²) < 4.78 is 20.8. The Kier molecular flexibility index (Phi) is 4.35. The van der Waals surface area contributed by atoms with Crippen molar-refractivity contribution in [3.05, 3.63) is 83.7 Å². The van der Waals surface area contributed by atoms with Crippen LogP contribution in [0.5, 0.6) is 5.75 Å². The number of carbonyl (C=O) groups excluding carboxylic acids is 1. The number of fused-ring (bicyclic) bond motifs is 1. The average molecular weight is 417 g/mol. The second-order valence-electron chi connectivity index (χ2n) is 7.53. The van der Waals surface area contributed by atoms with Gasteiger partial charge >= 0.3 is 0 Å². The molecule has 0 radical (unpaired) electrons. The number of hydrazine groups is 1. The Balaban J connectivity index is 1.41. The van der Waals surface area contributed by atoms with Gasteiger partial charge < -0.3 is 9.30 Å². The lowest BCUT2D eigenvalue weighted by Gasteiger charge is -2.44. The van der Waals surface area contributed by atoms with Gasteiger partial charge in [0.2, 0.25) is 5.91 Å². The Bertz CT molecular complexity index is 1230. The molecule has 1 saturated heterocycles. The lowest BCUT2D eigenvalue weighted by atomic mass is 9.88. The van der Waals surface area contributed by atoms with Crippen LogP contribution in [0.3, 0.4) is 0 Å². The summed E-state index contributed by atoms with van der Waals surface area (Å²) in [5, 5.41) is 1.49. The molecule has 31 heavy (non-hydrogen) atoms. The van der Waals surface area contributed by atoms with Crippen LogP contribution in [0.4, 0.5) is 4.39 Å². The number of imidazole rings is 1. The molecule has 2 aliphatic rings. The topological polar surface area (TPSA) is 71.8 Å². The molecule has 0 saturated carbocycles. The highest BCUT2D eigenvalue weighted by Crippen LogP contribution is 2.44. The van der Waals surface area contributed by atoms with E-state index in [0.29, 0.717) is 11.6 Å². The van der Waals surface area contributed by atoms with Crippen molar-refractivity contribution in [1.29, 1.82) is 0 Å². The highest BCUT2D eigenvalue weighted by Gasteiger charge is 2.56. The molecule has 156 valence electrons. The summed E-state index contributed by atoms with van der Waals surface area (Å²) in [6.45, 7) is 1.93. The van der Waals surface area contributed by atoms with Gasteiger partial charge in [-0.25, -0.2) is 19.4 Å². The van der Waals surface area contributed by atoms with E-state index in [-0.39, 0.29) is 18.1 Å². The first kappa shape index (κ1) is 19.0. The summed E-state index contributed by atoms with van der Waals surface area (Å²) >= 11 is 0. The number of ether oxygens (including phenoxy) is 1. The van der Waals surface area contributed by atoms with Gasteiger partial charge in [0.1, 0.15) is 17.4 Å². The normalized spacial score (nSPS) is 19.8. The summed E-state index contributed by atoms with van der Waals surface area (Å²) in [5.74, 6) is 0.889. The minimum absolute atomic E-state index is 0.0573. The van der Waals surface area contributed by atoms with Crippen LogP contribution in [0, 0.1) is 12.7 Å². The van der Waals surface area contributed by atoms with E-state index >= 15 is 0 Å². The van der Waals surface area contributed by atoms with Crippen LogP contribution in [0.1, 0.15) is 23.2 Å². The Morgan fingerprint density at radius 3 is 2.68 bits per heavy atom. The molecule has 3 heterocycles. The number of nitrogens with one attached hydrogen (secondary N) is 1. The first-order chi connectivity index (χ1) is 15.0. The average Bonchev–Trinajstić information content (AvgIpc) is 3.33. The van der Waals surface area contributed by atoms with E-state index in [9.17, 15) is 9.18 Å². The van der Waals surface area contributed by atoms with Gasteiger partial charge in [0.05, 0.1) is 31.2 Å². The number of methoxy groups -OCH3 is 1. The maximum Gasteiger partial charge on any atom is 0.248 e. The van der Waals surface area contributed by atoms with E-state index in [2.05, 4.69) is 10.4 Å². The van der Waals surface area contributed by atoms with Crippen LogP contribution in [-0.4, -0.2) is 33.4 Å². The second-order valence-corrected chi connectivity index (χ2v) is 7.53. The summed E-state index contributed by atoms with van der Waals surface area (Å²) in [6.07, 6.45) is 7.63. The number of β-lactam (4-membered cyclic amide) rings is 1. The van der Waals surface area contributed by atoms with Gasteiger partial charge in [0, 0.05) is 11.8 Å². The number of carbonyl (C=O) groups is 1. The molecule has 0 aliphatic carbocycles. The molecule has 7 nitrogen and oxygen atoms in total. The van der Waals surface area contributed by atoms with Crippen molar-refractivity contribution < 1.29 is 13.9 Å². The number of rotatable bonds is 5. The van der Waals surface area contributed by atoms with Crippen LogP contribution in [0.2, 0.25) is 0 Å². The minimum Gasteiger partial charge on any atom is -0.495 e. The van der Waals surface area contributed by atoms with Gasteiger partial charge in [0.25, 0.3) is 0 Å². The molecule has 1 unspecified atom stereocenters. The van der Waals surface area contributed by atoms with Crippen molar-refractivity contribution in [1.82, 2.24) is 20.0 Å². The fourth-order valence-corrected chi connectivity index (χ4v) is 3.89. The third kappa shape index (κ3) is 3.16. The van der Waals surface area contributed by atoms with Gasteiger partial charge in [0.15, 0.2) is 5.66 Å². The van der Waals surface area contributed by atoms with Crippen LogP contribution in [0.15, 0.2) is 66.1 Å². The minimum atomic E-state index is -0.814. The van der Waals surface area contributed by atoms with Gasteiger partial charge in [-0.3, -0.25) is 10.2 Å². The molecular formula is C23H20FN5O2. The number of halogens is 1. The predicted molar refractivity (Wildman–Crippen MR) is 114 cm³/mol. The number of hydrogen-bond acceptors (Lipinski definition) is 5. The summed E-state index contributed by atoms with van der Waals surface area (Å²) in [6, 6.07) is 11.9. The maximum atomic E-state index is 13.3. The van der Waals surface area contributed by atoms with Crippen LogP contribution in [-0.2, 0) is 10.5 Å². The number of benzene rings is 2. The molecule has 2 aromatic carbocycles. The highest BCUT2D eigenvalue weighted by atomic mass is 19.1. The van der Waals surface area contributed by atoms with Crippen molar-refractivity contribution in [3.8, 4) is 11.4 Å². The number of aromatic nitrogens is 2. The number of hydrogen-bond donors (Lipinski definition) is 1. The molecule has 8 heteroatoms. The number of amides is 1. The zero-order valence-corrected chi connectivity index (χ0v) is 17.0. The summed E-state index contributed by atoms with van der Waals surface area (Å²) in [4.78, 5) is 21.1. The number of aliphatic imine (C=N–C) groups is 1. The van der Waals surface area contributed by atoms with Gasteiger partial charge in [-0.2, -0.15) is 0 Å². The van der Waals surface area contributed by atoms with Gasteiger partial charge in [-0.15, -0.1) is 0 Å². The lowest BCUT2D eigenvalue weighted by Crippen LogP contribution is -2.61. The van der Waals surface area contributed by atoms with E-state index in [1.165, 1.54) is 17.1 Å². The fraction of sp³-hybridized carbons (Fsp3) is 0.174. The van der Waals surface area contributed by atoms with Crippen molar-refractivity contribution in [2.24, 2.45) is 4.99 Å². The fourth-order valence-electron chi connectivity index (χ4n) is 3.89. The summed E-state index contributed by atoms with van der Waals surface area (Å²) in [5.41, 5.74) is 5.73. The largest absolute Gasteiger partial charge is 0.495 e. The van der Waals surface area contributed by atoms with E-state index in [1.807, 2.05) is 48.0 Å². The zero-order chi connectivity index (χ0) is 21.6. The number of nitrogens with zero attached hydrogens (tertiary/aromatic N) is 4. The van der Waals surface area contributed by atoms with Crippen LogP contribution >= 0.6 is 0 Å². The maximum absolute atomic E-state index is 13.3. The van der Waals surface area contributed by atoms with E-state index in [1.54, 1.807) is 25.6 Å². The van der Waals surface area contributed by atoms with Crippen molar-refractivity contribution in [2.45, 2.75) is 19.0 Å². The smallest absolute Gasteiger partial charge is 0.248 e. The Morgan fingerprint density at radius 1 is 1.19 bits per heavy atom. The molecule has 3 aromatic rings. The quantitative estimate of drug-likeness (QED) is 0.647.